The Bertz CT molecular complexity index is 983. The van der Waals surface area contributed by atoms with E-state index in [1.165, 1.54) is 5.56 Å². The molecule has 0 spiro atoms. The van der Waals surface area contributed by atoms with Gasteiger partial charge in [-0.25, -0.2) is 4.98 Å². The number of hydrogen-bond donors (Lipinski definition) is 0. The van der Waals surface area contributed by atoms with E-state index in [-0.39, 0.29) is 11.8 Å². The van der Waals surface area contributed by atoms with Crippen LogP contribution in [0.1, 0.15) is 66.2 Å². The van der Waals surface area contributed by atoms with E-state index in [1.54, 1.807) is 0 Å². The second-order valence-electron chi connectivity index (χ2n) is 7.93. The second-order valence-corrected chi connectivity index (χ2v) is 7.93. The summed E-state index contributed by atoms with van der Waals surface area (Å²) >= 11 is 0. The number of rotatable bonds is 3. The average molecular weight is 365 g/mol. The minimum Gasteiger partial charge on any atom is -0.451 e. The van der Waals surface area contributed by atoms with E-state index in [1.807, 2.05) is 36.4 Å². The lowest BCUT2D eigenvalue weighted by Gasteiger charge is -2.32. The third-order valence-corrected chi connectivity index (χ3v) is 5.61. The molecule has 0 unspecified atom stereocenters. The molecule has 5 heteroatoms. The normalized spacial score (nSPS) is 17.8. The molecule has 1 atom stereocenters. The molecule has 1 aliphatic rings. The molecule has 142 valence electrons. The number of piperidine rings is 1. The fourth-order valence-corrected chi connectivity index (χ4v) is 4.13. The molecule has 5 nitrogen and oxygen atoms in total. The molecular formula is C22H27N3O2. The Kier molecular flexibility index (Phi) is 4.54. The molecular weight excluding hydrogens is 338 g/mol. The number of amides is 1. The maximum atomic E-state index is 13.2. The van der Waals surface area contributed by atoms with Crippen LogP contribution in [0.25, 0.3) is 11.0 Å². The van der Waals surface area contributed by atoms with E-state index in [4.69, 9.17) is 4.42 Å². The fraction of sp³-hybridized carbons (Fsp3) is 0.455. The SMILES string of the molecule is Cc1ccc2oc(C(=O)N3CCC[C@@H](c4nccn4C(C)C)C3)c(C)c2c1. The van der Waals surface area contributed by atoms with Gasteiger partial charge in [0.1, 0.15) is 11.4 Å². The number of aryl methyl sites for hydroxylation is 2. The number of likely N-dealkylation sites (tertiary alicyclic amines) is 1. The monoisotopic (exact) mass is 365 g/mol. The summed E-state index contributed by atoms with van der Waals surface area (Å²) in [4.78, 5) is 19.7. The van der Waals surface area contributed by atoms with Gasteiger partial charge in [0.25, 0.3) is 5.91 Å². The Morgan fingerprint density at radius 3 is 2.89 bits per heavy atom. The summed E-state index contributed by atoms with van der Waals surface area (Å²) in [7, 11) is 0. The van der Waals surface area contributed by atoms with Crippen molar-refractivity contribution in [1.29, 1.82) is 0 Å². The van der Waals surface area contributed by atoms with Crippen LogP contribution in [0.5, 0.6) is 0 Å². The van der Waals surface area contributed by atoms with E-state index in [0.29, 0.717) is 18.3 Å². The lowest BCUT2D eigenvalue weighted by atomic mass is 9.96. The van der Waals surface area contributed by atoms with Gasteiger partial charge < -0.3 is 13.9 Å². The van der Waals surface area contributed by atoms with Crippen molar-refractivity contribution in [3.63, 3.8) is 0 Å². The predicted molar refractivity (Wildman–Crippen MR) is 106 cm³/mol. The first-order valence-electron chi connectivity index (χ1n) is 9.77. The van der Waals surface area contributed by atoms with Crippen LogP contribution < -0.4 is 0 Å². The van der Waals surface area contributed by atoms with Crippen LogP contribution in [-0.2, 0) is 0 Å². The highest BCUT2D eigenvalue weighted by Crippen LogP contribution is 2.31. The van der Waals surface area contributed by atoms with Gasteiger partial charge in [0.2, 0.25) is 0 Å². The van der Waals surface area contributed by atoms with Crippen LogP contribution in [0.2, 0.25) is 0 Å². The maximum absolute atomic E-state index is 13.2. The van der Waals surface area contributed by atoms with Crippen molar-refractivity contribution >= 4 is 16.9 Å². The molecule has 1 saturated heterocycles. The summed E-state index contributed by atoms with van der Waals surface area (Å²) in [6.45, 7) is 9.82. The van der Waals surface area contributed by atoms with E-state index in [9.17, 15) is 4.79 Å². The zero-order chi connectivity index (χ0) is 19.1. The van der Waals surface area contributed by atoms with Gasteiger partial charge in [-0.05, 0) is 52.7 Å². The Labute approximate surface area is 160 Å². The summed E-state index contributed by atoms with van der Waals surface area (Å²) in [6, 6.07) is 6.42. The van der Waals surface area contributed by atoms with Crippen LogP contribution >= 0.6 is 0 Å². The van der Waals surface area contributed by atoms with Crippen LogP contribution in [-0.4, -0.2) is 33.4 Å². The first kappa shape index (κ1) is 17.8. The van der Waals surface area contributed by atoms with Gasteiger partial charge >= 0.3 is 0 Å². The molecule has 3 heterocycles. The Morgan fingerprint density at radius 2 is 2.11 bits per heavy atom. The zero-order valence-corrected chi connectivity index (χ0v) is 16.5. The maximum Gasteiger partial charge on any atom is 0.289 e. The molecule has 0 bridgehead atoms. The quantitative estimate of drug-likeness (QED) is 0.667. The zero-order valence-electron chi connectivity index (χ0n) is 16.5. The van der Waals surface area contributed by atoms with E-state index < -0.39 is 0 Å². The lowest BCUT2D eigenvalue weighted by molar-refractivity contribution is 0.0672. The minimum atomic E-state index is -0.00583. The van der Waals surface area contributed by atoms with Crippen molar-refractivity contribution in [3.8, 4) is 0 Å². The van der Waals surface area contributed by atoms with E-state index in [2.05, 4.69) is 36.4 Å². The molecule has 0 aliphatic carbocycles. The number of nitrogens with zero attached hydrogens (tertiary/aromatic N) is 3. The molecule has 1 aliphatic heterocycles. The first-order chi connectivity index (χ1) is 13.0. The third-order valence-electron chi connectivity index (χ3n) is 5.61. The highest BCUT2D eigenvalue weighted by molar-refractivity contribution is 5.99. The summed E-state index contributed by atoms with van der Waals surface area (Å²) < 4.78 is 8.16. The predicted octanol–water partition coefficient (Wildman–Crippen LogP) is 4.85. The van der Waals surface area contributed by atoms with Crippen molar-refractivity contribution < 1.29 is 9.21 Å². The average Bonchev–Trinajstić information content (AvgIpc) is 3.27. The standard InChI is InChI=1S/C22H27N3O2/c1-14(2)25-11-9-23-21(25)17-6-5-10-24(13-17)22(26)20-16(4)18-12-15(3)7-8-19(18)27-20/h7-9,11-12,14,17H,5-6,10,13H2,1-4H3/t17-/m1/s1. The van der Waals surface area contributed by atoms with Crippen molar-refractivity contribution in [3.05, 3.63) is 53.3 Å². The Morgan fingerprint density at radius 1 is 1.30 bits per heavy atom. The number of imidazole rings is 1. The number of fused-ring (bicyclic) bond motifs is 1. The van der Waals surface area contributed by atoms with Gasteiger partial charge in [0.05, 0.1) is 0 Å². The van der Waals surface area contributed by atoms with Crippen LogP contribution in [0.4, 0.5) is 0 Å². The molecule has 2 aromatic heterocycles. The van der Waals surface area contributed by atoms with Crippen molar-refractivity contribution in [2.24, 2.45) is 0 Å². The number of aromatic nitrogens is 2. The first-order valence-corrected chi connectivity index (χ1v) is 9.77. The molecule has 0 saturated carbocycles. The van der Waals surface area contributed by atoms with E-state index >= 15 is 0 Å². The third kappa shape index (κ3) is 3.15. The Balaban J connectivity index is 1.61. The van der Waals surface area contributed by atoms with Crippen molar-refractivity contribution in [2.75, 3.05) is 13.1 Å². The lowest BCUT2D eigenvalue weighted by Crippen LogP contribution is -2.40. The summed E-state index contributed by atoms with van der Waals surface area (Å²) in [5.41, 5.74) is 2.89. The fourth-order valence-electron chi connectivity index (χ4n) is 4.13. The molecule has 0 N–H and O–H groups in total. The molecule has 1 fully saturated rings. The van der Waals surface area contributed by atoms with Crippen molar-refractivity contribution in [2.45, 2.75) is 52.5 Å². The van der Waals surface area contributed by atoms with E-state index in [0.717, 1.165) is 41.7 Å². The summed E-state index contributed by atoms with van der Waals surface area (Å²) in [6.07, 6.45) is 5.94. The molecule has 27 heavy (non-hydrogen) atoms. The van der Waals surface area contributed by atoms with Gasteiger partial charge in [0, 0.05) is 48.4 Å². The van der Waals surface area contributed by atoms with Gasteiger partial charge in [-0.3, -0.25) is 4.79 Å². The smallest absolute Gasteiger partial charge is 0.289 e. The summed E-state index contributed by atoms with van der Waals surface area (Å²) in [5.74, 6) is 1.82. The number of carbonyl (C=O) groups is 1. The van der Waals surface area contributed by atoms with Crippen LogP contribution in [0.3, 0.4) is 0 Å². The van der Waals surface area contributed by atoms with Gasteiger partial charge in [-0.2, -0.15) is 0 Å². The summed E-state index contributed by atoms with van der Waals surface area (Å²) in [5, 5.41) is 1.03. The van der Waals surface area contributed by atoms with Crippen molar-refractivity contribution in [1.82, 2.24) is 14.5 Å². The Hall–Kier alpha value is -2.56. The molecule has 1 amide bonds. The highest BCUT2D eigenvalue weighted by Gasteiger charge is 2.30. The molecule has 0 radical (unpaired) electrons. The highest BCUT2D eigenvalue weighted by atomic mass is 16.3. The number of hydrogen-bond acceptors (Lipinski definition) is 3. The number of furan rings is 1. The van der Waals surface area contributed by atoms with Gasteiger partial charge in [-0.15, -0.1) is 0 Å². The van der Waals surface area contributed by atoms with Crippen LogP contribution in [0, 0.1) is 13.8 Å². The van der Waals surface area contributed by atoms with Crippen LogP contribution in [0.15, 0.2) is 35.0 Å². The molecule has 1 aromatic carbocycles. The second kappa shape index (κ2) is 6.87. The largest absolute Gasteiger partial charge is 0.451 e. The minimum absolute atomic E-state index is 0.00583. The number of benzene rings is 1. The molecule has 4 rings (SSSR count). The van der Waals surface area contributed by atoms with Gasteiger partial charge in [0.15, 0.2) is 5.76 Å². The number of carbonyl (C=O) groups excluding carboxylic acids is 1. The van der Waals surface area contributed by atoms with Gasteiger partial charge in [-0.1, -0.05) is 11.6 Å². The topological polar surface area (TPSA) is 51.3 Å². The molecule has 3 aromatic rings.